The molecule has 0 aliphatic heterocycles. The van der Waals surface area contributed by atoms with Gasteiger partial charge in [0.05, 0.1) is 29.1 Å². The van der Waals surface area contributed by atoms with E-state index in [9.17, 15) is 18.0 Å². The van der Waals surface area contributed by atoms with Crippen molar-refractivity contribution in [3.8, 4) is 5.75 Å². The number of nitrogens with zero attached hydrogens (tertiary/aromatic N) is 2. The van der Waals surface area contributed by atoms with Gasteiger partial charge in [0.2, 0.25) is 21.8 Å². The molecular formula is C30H35Cl2N3O5S. The lowest BCUT2D eigenvalue weighted by Gasteiger charge is -2.34. The molecule has 41 heavy (non-hydrogen) atoms. The van der Waals surface area contributed by atoms with Crippen molar-refractivity contribution >= 4 is 50.7 Å². The topological polar surface area (TPSA) is 96.0 Å². The zero-order valence-electron chi connectivity index (χ0n) is 23.6. The van der Waals surface area contributed by atoms with Gasteiger partial charge < -0.3 is 15.0 Å². The van der Waals surface area contributed by atoms with E-state index in [0.29, 0.717) is 34.3 Å². The van der Waals surface area contributed by atoms with Crippen LogP contribution in [0.5, 0.6) is 5.75 Å². The normalized spacial score (nSPS) is 12.0. The number of hydrogen-bond donors (Lipinski definition) is 1. The lowest BCUT2D eigenvalue weighted by molar-refractivity contribution is -0.140. The van der Waals surface area contributed by atoms with Crippen LogP contribution in [0.2, 0.25) is 10.0 Å². The van der Waals surface area contributed by atoms with Crippen molar-refractivity contribution in [1.29, 1.82) is 0 Å². The summed E-state index contributed by atoms with van der Waals surface area (Å²) < 4.78 is 32.5. The highest BCUT2D eigenvalue weighted by Gasteiger charge is 2.33. The van der Waals surface area contributed by atoms with E-state index in [2.05, 4.69) is 5.32 Å². The van der Waals surface area contributed by atoms with E-state index in [4.69, 9.17) is 27.9 Å². The Hall–Kier alpha value is -3.27. The number of carbonyl (C=O) groups is 2. The number of carbonyl (C=O) groups excluding carboxylic acids is 2. The Morgan fingerprint density at radius 2 is 1.68 bits per heavy atom. The summed E-state index contributed by atoms with van der Waals surface area (Å²) in [4.78, 5) is 29.1. The number of halogens is 2. The summed E-state index contributed by atoms with van der Waals surface area (Å²) in [5, 5.41) is 3.55. The van der Waals surface area contributed by atoms with Gasteiger partial charge in [-0.1, -0.05) is 72.6 Å². The van der Waals surface area contributed by atoms with Crippen molar-refractivity contribution in [2.45, 2.75) is 39.3 Å². The van der Waals surface area contributed by atoms with Gasteiger partial charge in [0.25, 0.3) is 0 Å². The van der Waals surface area contributed by atoms with E-state index in [1.807, 2.05) is 44.2 Å². The van der Waals surface area contributed by atoms with Crippen LogP contribution >= 0.6 is 23.2 Å². The van der Waals surface area contributed by atoms with Crippen LogP contribution in [0.15, 0.2) is 66.7 Å². The summed E-state index contributed by atoms with van der Waals surface area (Å²) in [7, 11) is -2.50. The zero-order valence-corrected chi connectivity index (χ0v) is 25.9. The van der Waals surface area contributed by atoms with Gasteiger partial charge in [-0.25, -0.2) is 8.42 Å². The minimum absolute atomic E-state index is 0.00464. The first-order valence-corrected chi connectivity index (χ1v) is 15.7. The van der Waals surface area contributed by atoms with Crippen LogP contribution in [0.25, 0.3) is 0 Å². The quantitative estimate of drug-likeness (QED) is 0.282. The average Bonchev–Trinajstić information content (AvgIpc) is 2.94. The lowest BCUT2D eigenvalue weighted by Crippen LogP contribution is -2.53. The minimum Gasteiger partial charge on any atom is -0.495 e. The molecule has 3 aromatic rings. The first kappa shape index (κ1) is 32.2. The fourth-order valence-corrected chi connectivity index (χ4v) is 5.51. The molecule has 0 radical (unpaired) electrons. The number of aryl methyl sites for hydroxylation is 1. The number of amides is 2. The summed E-state index contributed by atoms with van der Waals surface area (Å²) in [6, 6.07) is 18.4. The van der Waals surface area contributed by atoms with Gasteiger partial charge in [0.1, 0.15) is 18.3 Å². The predicted molar refractivity (Wildman–Crippen MR) is 164 cm³/mol. The highest BCUT2D eigenvalue weighted by Crippen LogP contribution is 2.31. The number of rotatable bonds is 13. The first-order valence-electron chi connectivity index (χ1n) is 13.1. The first-order chi connectivity index (χ1) is 19.4. The van der Waals surface area contributed by atoms with E-state index < -0.39 is 28.5 Å². The summed E-state index contributed by atoms with van der Waals surface area (Å²) >= 11 is 12.4. The van der Waals surface area contributed by atoms with Crippen LogP contribution in [0, 0.1) is 6.92 Å². The molecule has 0 fully saturated rings. The highest BCUT2D eigenvalue weighted by molar-refractivity contribution is 7.92. The molecule has 0 aromatic heterocycles. The Morgan fingerprint density at radius 3 is 2.29 bits per heavy atom. The molecule has 8 nitrogen and oxygen atoms in total. The van der Waals surface area contributed by atoms with Crippen molar-refractivity contribution < 1.29 is 22.7 Å². The molecule has 11 heteroatoms. The summed E-state index contributed by atoms with van der Waals surface area (Å²) in [5.41, 5.74) is 2.49. The van der Waals surface area contributed by atoms with Crippen molar-refractivity contribution in [3.05, 3.63) is 93.5 Å². The molecule has 0 unspecified atom stereocenters. The predicted octanol–water partition coefficient (Wildman–Crippen LogP) is 5.24. The second kappa shape index (κ2) is 14.6. The molecule has 1 N–H and O–H groups in total. The van der Waals surface area contributed by atoms with Crippen molar-refractivity contribution in [2.24, 2.45) is 0 Å². The van der Waals surface area contributed by atoms with Gasteiger partial charge in [-0.2, -0.15) is 0 Å². The molecule has 2 amide bonds. The maximum absolute atomic E-state index is 14.2. The molecular weight excluding hydrogens is 585 g/mol. The summed E-state index contributed by atoms with van der Waals surface area (Å²) in [5.74, 6) is -0.618. The van der Waals surface area contributed by atoms with E-state index >= 15 is 0 Å². The monoisotopic (exact) mass is 619 g/mol. The Labute approximate surface area is 252 Å². The van der Waals surface area contributed by atoms with Crippen molar-refractivity contribution in [3.63, 3.8) is 0 Å². The zero-order chi connectivity index (χ0) is 30.2. The molecule has 0 aliphatic rings. The van der Waals surface area contributed by atoms with Crippen LogP contribution in [0.1, 0.15) is 30.0 Å². The summed E-state index contributed by atoms with van der Waals surface area (Å²) in [6.07, 6.45) is 1.95. The molecule has 0 saturated heterocycles. The number of ether oxygens (including phenoxy) is 1. The van der Waals surface area contributed by atoms with E-state index in [1.165, 1.54) is 12.0 Å². The number of sulfonamides is 1. The second-order valence-electron chi connectivity index (χ2n) is 9.71. The fraction of sp³-hybridized carbons (Fsp3) is 0.333. The maximum atomic E-state index is 14.2. The van der Waals surface area contributed by atoms with Crippen molar-refractivity contribution in [2.75, 3.05) is 30.8 Å². The number of anilines is 1. The molecule has 0 heterocycles. The molecule has 1 atom stereocenters. The fourth-order valence-electron chi connectivity index (χ4n) is 4.34. The molecule has 0 bridgehead atoms. The Morgan fingerprint density at radius 1 is 0.976 bits per heavy atom. The SMILES string of the molecule is CCCNC(=O)[C@H](Cc1ccccc1)N(Cc1ccc(Cl)c(Cl)c1)C(=O)CN(c1cc(C)ccc1OC)S(C)(=O)=O. The molecule has 220 valence electrons. The number of nitrogens with one attached hydrogen (secondary N) is 1. The van der Waals surface area contributed by atoms with Gasteiger partial charge in [0.15, 0.2) is 0 Å². The third kappa shape index (κ3) is 8.86. The molecule has 0 spiro atoms. The lowest BCUT2D eigenvalue weighted by atomic mass is 10.0. The Bertz CT molecular complexity index is 1470. The van der Waals surface area contributed by atoms with Crippen LogP contribution in [-0.4, -0.2) is 57.6 Å². The maximum Gasteiger partial charge on any atom is 0.244 e. The van der Waals surface area contributed by atoms with Crippen molar-refractivity contribution in [1.82, 2.24) is 10.2 Å². The number of hydrogen-bond acceptors (Lipinski definition) is 5. The van der Waals surface area contributed by atoms with Gasteiger partial charge in [-0.3, -0.25) is 13.9 Å². The molecule has 3 aromatic carbocycles. The number of methoxy groups -OCH3 is 1. The van der Waals surface area contributed by atoms with Gasteiger partial charge >= 0.3 is 0 Å². The molecule has 3 rings (SSSR count). The third-order valence-corrected chi connectivity index (χ3v) is 8.30. The number of benzene rings is 3. The van der Waals surface area contributed by atoms with Crippen LogP contribution < -0.4 is 14.4 Å². The van der Waals surface area contributed by atoms with E-state index in [0.717, 1.165) is 21.7 Å². The highest BCUT2D eigenvalue weighted by atomic mass is 35.5. The Balaban J connectivity index is 2.10. The van der Waals surface area contributed by atoms with E-state index in [-0.39, 0.29) is 24.6 Å². The third-order valence-electron chi connectivity index (χ3n) is 6.44. The minimum atomic E-state index is -3.93. The van der Waals surface area contributed by atoms with Crippen LogP contribution in [0.4, 0.5) is 5.69 Å². The van der Waals surface area contributed by atoms with Gasteiger partial charge in [-0.15, -0.1) is 0 Å². The van der Waals surface area contributed by atoms with Crippen LogP contribution in [-0.2, 0) is 32.6 Å². The van der Waals surface area contributed by atoms with Gasteiger partial charge in [-0.05, 0) is 54.3 Å². The largest absolute Gasteiger partial charge is 0.495 e. The van der Waals surface area contributed by atoms with Crippen LogP contribution in [0.3, 0.4) is 0 Å². The molecule has 0 saturated carbocycles. The Kier molecular flexibility index (Phi) is 11.5. The second-order valence-corrected chi connectivity index (χ2v) is 12.4. The smallest absolute Gasteiger partial charge is 0.244 e. The van der Waals surface area contributed by atoms with Gasteiger partial charge in [0, 0.05) is 19.5 Å². The summed E-state index contributed by atoms with van der Waals surface area (Å²) in [6.45, 7) is 3.62. The average molecular weight is 621 g/mol. The molecule has 0 aliphatic carbocycles. The van der Waals surface area contributed by atoms with E-state index in [1.54, 1.807) is 36.4 Å². The standard InChI is InChI=1S/C30H35Cl2N3O5S/c1-5-15-33-30(37)27(18-22-9-7-6-8-10-22)34(19-23-12-13-24(31)25(32)17-23)29(36)20-35(41(4,38)39)26-16-21(2)11-14-28(26)40-3/h6-14,16-17,27H,5,15,18-20H2,1-4H3,(H,33,37)/t27-/m0/s1.